The number of rotatable bonds is 1. The van der Waals surface area contributed by atoms with Gasteiger partial charge in [-0.15, -0.1) is 10.2 Å². The molecule has 1 aliphatic heterocycles. The maximum Gasteiger partial charge on any atom is 0.451 e. The fourth-order valence-electron chi connectivity index (χ4n) is 1.94. The number of amidine groups is 1. The zero-order valence-corrected chi connectivity index (χ0v) is 10.1. The van der Waals surface area contributed by atoms with Crippen LogP contribution in [0.15, 0.2) is 0 Å². The molecule has 18 heavy (non-hydrogen) atoms. The van der Waals surface area contributed by atoms with Crippen molar-refractivity contribution < 1.29 is 13.2 Å². The highest BCUT2D eigenvalue weighted by Gasteiger charge is 2.39. The van der Waals surface area contributed by atoms with Crippen molar-refractivity contribution in [3.05, 3.63) is 11.6 Å². The van der Waals surface area contributed by atoms with Crippen molar-refractivity contribution in [3.63, 3.8) is 0 Å². The summed E-state index contributed by atoms with van der Waals surface area (Å²) in [6.45, 7) is 4.50. The fourth-order valence-corrected chi connectivity index (χ4v) is 1.94. The van der Waals surface area contributed by atoms with Crippen LogP contribution < -0.4 is 0 Å². The molecule has 0 saturated carbocycles. The SMILES string of the molecule is CC(C)C(=N)N1CCn2c(nnc2C(F)(F)F)C1. The predicted octanol–water partition coefficient (Wildman–Crippen LogP) is 1.75. The Labute approximate surface area is 102 Å². The third-order valence-corrected chi connectivity index (χ3v) is 2.89. The number of fused-ring (bicyclic) bond motifs is 1. The van der Waals surface area contributed by atoms with Crippen LogP contribution >= 0.6 is 0 Å². The van der Waals surface area contributed by atoms with Gasteiger partial charge in [-0.05, 0) is 0 Å². The minimum atomic E-state index is -4.47. The van der Waals surface area contributed by atoms with Crippen molar-refractivity contribution in [1.29, 1.82) is 5.41 Å². The third-order valence-electron chi connectivity index (χ3n) is 2.89. The number of nitrogens with zero attached hydrogens (tertiary/aromatic N) is 4. The second-order valence-electron chi connectivity index (χ2n) is 4.55. The minimum absolute atomic E-state index is 0.0431. The predicted molar refractivity (Wildman–Crippen MR) is 58.0 cm³/mol. The lowest BCUT2D eigenvalue weighted by Gasteiger charge is -2.31. The standard InChI is InChI=1S/C10H14F3N5/c1-6(2)8(14)17-3-4-18-7(5-17)15-16-9(18)10(11,12)13/h6,14H,3-5H2,1-2H3. The molecule has 100 valence electrons. The number of halogens is 3. The Hall–Kier alpha value is -1.60. The molecule has 8 heteroatoms. The van der Waals surface area contributed by atoms with Crippen LogP contribution in [0.1, 0.15) is 25.5 Å². The Bertz CT molecular complexity index is 463. The Morgan fingerprint density at radius 1 is 1.28 bits per heavy atom. The Balaban J connectivity index is 2.23. The summed E-state index contributed by atoms with van der Waals surface area (Å²) in [6, 6.07) is 0. The molecule has 0 aromatic carbocycles. The first-order chi connectivity index (χ1) is 8.30. The monoisotopic (exact) mass is 261 g/mol. The summed E-state index contributed by atoms with van der Waals surface area (Å²) in [5.41, 5.74) is 0. The highest BCUT2D eigenvalue weighted by molar-refractivity contribution is 5.80. The number of nitrogens with one attached hydrogen (secondary N) is 1. The van der Waals surface area contributed by atoms with Crippen molar-refractivity contribution in [1.82, 2.24) is 19.7 Å². The largest absolute Gasteiger partial charge is 0.451 e. The molecule has 0 bridgehead atoms. The number of hydrogen-bond donors (Lipinski definition) is 1. The van der Waals surface area contributed by atoms with Gasteiger partial charge in [-0.1, -0.05) is 13.8 Å². The first kappa shape index (κ1) is 12.8. The molecule has 2 rings (SSSR count). The van der Waals surface area contributed by atoms with Crippen LogP contribution in [-0.4, -0.2) is 32.0 Å². The van der Waals surface area contributed by atoms with Gasteiger partial charge in [0.05, 0.1) is 12.4 Å². The van der Waals surface area contributed by atoms with Crippen LogP contribution in [0.3, 0.4) is 0 Å². The zero-order valence-electron chi connectivity index (χ0n) is 10.1. The average Bonchev–Trinajstić information content (AvgIpc) is 2.69. The lowest BCUT2D eigenvalue weighted by molar-refractivity contribution is -0.147. The van der Waals surface area contributed by atoms with Crippen LogP contribution in [-0.2, 0) is 19.3 Å². The summed E-state index contributed by atoms with van der Waals surface area (Å²) in [7, 11) is 0. The molecule has 1 aromatic rings. The minimum Gasteiger partial charge on any atom is -0.351 e. The summed E-state index contributed by atoms with van der Waals surface area (Å²) in [6.07, 6.45) is -4.47. The topological polar surface area (TPSA) is 57.8 Å². The molecule has 0 amide bonds. The molecular formula is C10H14F3N5. The van der Waals surface area contributed by atoms with Gasteiger partial charge in [0.1, 0.15) is 0 Å². The van der Waals surface area contributed by atoms with Crippen LogP contribution in [0.4, 0.5) is 13.2 Å². The second kappa shape index (κ2) is 4.25. The molecule has 1 aliphatic rings. The van der Waals surface area contributed by atoms with E-state index in [4.69, 9.17) is 5.41 Å². The third kappa shape index (κ3) is 2.19. The summed E-state index contributed by atoms with van der Waals surface area (Å²) in [4.78, 5) is 1.73. The summed E-state index contributed by atoms with van der Waals surface area (Å²) in [5.74, 6) is -0.230. The van der Waals surface area contributed by atoms with Crippen LogP contribution in [0.5, 0.6) is 0 Å². The fraction of sp³-hybridized carbons (Fsp3) is 0.700. The molecule has 0 radical (unpaired) electrons. The maximum atomic E-state index is 12.6. The first-order valence-electron chi connectivity index (χ1n) is 5.63. The number of alkyl halides is 3. The van der Waals surface area contributed by atoms with E-state index < -0.39 is 12.0 Å². The molecule has 0 unspecified atom stereocenters. The van der Waals surface area contributed by atoms with Gasteiger partial charge in [-0.2, -0.15) is 13.2 Å². The normalized spacial score (nSPS) is 16.0. The van der Waals surface area contributed by atoms with Crippen molar-refractivity contribution in [2.75, 3.05) is 6.54 Å². The van der Waals surface area contributed by atoms with E-state index in [0.717, 1.165) is 4.57 Å². The molecule has 0 fully saturated rings. The Morgan fingerprint density at radius 2 is 1.94 bits per heavy atom. The van der Waals surface area contributed by atoms with Crippen molar-refractivity contribution in [2.24, 2.45) is 5.92 Å². The molecule has 0 atom stereocenters. The van der Waals surface area contributed by atoms with E-state index in [9.17, 15) is 13.2 Å². The second-order valence-corrected chi connectivity index (χ2v) is 4.55. The van der Waals surface area contributed by atoms with Gasteiger partial charge >= 0.3 is 6.18 Å². The molecule has 1 aromatic heterocycles. The van der Waals surface area contributed by atoms with E-state index in [-0.39, 0.29) is 24.8 Å². The Morgan fingerprint density at radius 3 is 2.50 bits per heavy atom. The average molecular weight is 261 g/mol. The van der Waals surface area contributed by atoms with Gasteiger partial charge in [-0.25, -0.2) is 0 Å². The maximum absolute atomic E-state index is 12.6. The quantitative estimate of drug-likeness (QED) is 0.619. The molecule has 0 aliphatic carbocycles. The number of aromatic nitrogens is 3. The van der Waals surface area contributed by atoms with E-state index in [1.54, 1.807) is 4.90 Å². The summed E-state index contributed by atoms with van der Waals surface area (Å²) < 4.78 is 38.9. The van der Waals surface area contributed by atoms with E-state index in [0.29, 0.717) is 12.4 Å². The van der Waals surface area contributed by atoms with Crippen molar-refractivity contribution in [2.45, 2.75) is 33.1 Å². The number of hydrogen-bond acceptors (Lipinski definition) is 3. The molecule has 2 heterocycles. The van der Waals surface area contributed by atoms with E-state index in [1.165, 1.54) is 0 Å². The highest BCUT2D eigenvalue weighted by atomic mass is 19.4. The van der Waals surface area contributed by atoms with E-state index >= 15 is 0 Å². The smallest absolute Gasteiger partial charge is 0.351 e. The zero-order chi connectivity index (χ0) is 13.5. The lowest BCUT2D eigenvalue weighted by Crippen LogP contribution is -2.40. The van der Waals surface area contributed by atoms with Crippen molar-refractivity contribution in [3.8, 4) is 0 Å². The Kier molecular flexibility index (Phi) is 3.04. The van der Waals surface area contributed by atoms with Crippen molar-refractivity contribution >= 4 is 5.84 Å². The van der Waals surface area contributed by atoms with Gasteiger partial charge in [-0.3, -0.25) is 5.41 Å². The van der Waals surface area contributed by atoms with Crippen LogP contribution in [0.2, 0.25) is 0 Å². The van der Waals surface area contributed by atoms with E-state index in [1.807, 2.05) is 13.8 Å². The highest BCUT2D eigenvalue weighted by Crippen LogP contribution is 2.29. The van der Waals surface area contributed by atoms with Gasteiger partial charge in [0.25, 0.3) is 0 Å². The van der Waals surface area contributed by atoms with Gasteiger partial charge in [0.15, 0.2) is 5.82 Å². The lowest BCUT2D eigenvalue weighted by atomic mass is 10.1. The van der Waals surface area contributed by atoms with E-state index in [2.05, 4.69) is 10.2 Å². The molecule has 1 N–H and O–H groups in total. The van der Waals surface area contributed by atoms with Crippen LogP contribution in [0, 0.1) is 11.3 Å². The van der Waals surface area contributed by atoms with Crippen LogP contribution in [0.25, 0.3) is 0 Å². The summed E-state index contributed by atoms with van der Waals surface area (Å²) >= 11 is 0. The first-order valence-corrected chi connectivity index (χ1v) is 5.63. The van der Waals surface area contributed by atoms with Gasteiger partial charge < -0.3 is 9.47 Å². The van der Waals surface area contributed by atoms with Gasteiger partial charge in [0, 0.05) is 19.0 Å². The molecule has 0 saturated heterocycles. The molecule has 0 spiro atoms. The van der Waals surface area contributed by atoms with Gasteiger partial charge in [0.2, 0.25) is 5.82 Å². The molecular weight excluding hydrogens is 247 g/mol. The molecule has 5 nitrogen and oxygen atoms in total. The summed E-state index contributed by atoms with van der Waals surface area (Å²) in [5, 5.41) is 14.6.